The molecule has 102 valence electrons. The predicted octanol–water partition coefficient (Wildman–Crippen LogP) is 4.56. The smallest absolute Gasteiger partial charge is 0.189 e. The maximum absolute atomic E-state index is 5.15. The van der Waals surface area contributed by atoms with E-state index in [-0.39, 0.29) is 0 Å². The molecule has 0 aliphatic carbocycles. The van der Waals surface area contributed by atoms with Crippen molar-refractivity contribution in [2.24, 2.45) is 0 Å². The van der Waals surface area contributed by atoms with Crippen LogP contribution in [0.3, 0.4) is 0 Å². The van der Waals surface area contributed by atoms with Crippen LogP contribution in [0.25, 0.3) is 11.3 Å². The maximum Gasteiger partial charge on any atom is 0.189 e. The normalized spacial score (nSPS) is 9.85. The van der Waals surface area contributed by atoms with Crippen molar-refractivity contribution >= 4 is 49.7 Å². The first-order valence-electron chi connectivity index (χ1n) is 5.69. The van der Waals surface area contributed by atoms with Crippen LogP contribution in [0, 0.1) is 0 Å². The molecule has 0 aliphatic rings. The number of thiazole rings is 1. The zero-order valence-corrected chi connectivity index (χ0v) is 13.7. The van der Waals surface area contributed by atoms with Gasteiger partial charge in [0.1, 0.15) is 0 Å². The summed E-state index contributed by atoms with van der Waals surface area (Å²) < 4.78 is 1.02. The van der Waals surface area contributed by atoms with Crippen LogP contribution in [0.4, 0.5) is 5.13 Å². The number of allylic oxidation sites excluding steroid dienone is 1. The zero-order valence-electron chi connectivity index (χ0n) is 10.5. The van der Waals surface area contributed by atoms with Crippen LogP contribution in [-0.2, 0) is 0 Å². The summed E-state index contributed by atoms with van der Waals surface area (Å²) in [7, 11) is 0. The number of aromatic nitrogens is 1. The van der Waals surface area contributed by atoms with Crippen LogP contribution < -0.4 is 10.6 Å². The molecule has 0 fully saturated rings. The summed E-state index contributed by atoms with van der Waals surface area (Å²) in [6.07, 6.45) is 1.60. The molecule has 0 aliphatic heterocycles. The first kappa shape index (κ1) is 14.9. The van der Waals surface area contributed by atoms with Gasteiger partial charge in [0.15, 0.2) is 10.2 Å². The summed E-state index contributed by atoms with van der Waals surface area (Å²) in [5.41, 5.74) is 2.61. The molecule has 0 saturated heterocycles. The van der Waals surface area contributed by atoms with Gasteiger partial charge in [-0.15, -0.1) is 11.3 Å². The first-order chi connectivity index (χ1) is 9.58. The number of nitrogens with zero attached hydrogens (tertiary/aromatic N) is 1. The SMILES string of the molecule is C=CC(=C)NC(=S)Nc1nc(-c2cccc(Br)c2)cs1. The quantitative estimate of drug-likeness (QED) is 0.615. The Labute approximate surface area is 135 Å². The van der Waals surface area contributed by atoms with Crippen LogP contribution >= 0.6 is 39.5 Å². The minimum absolute atomic E-state index is 0.449. The zero-order chi connectivity index (χ0) is 14.5. The minimum atomic E-state index is 0.449. The summed E-state index contributed by atoms with van der Waals surface area (Å²) in [5.74, 6) is 0. The number of halogens is 1. The van der Waals surface area contributed by atoms with E-state index in [1.807, 2.05) is 29.6 Å². The summed E-state index contributed by atoms with van der Waals surface area (Å²) in [5, 5.41) is 9.08. The number of thiocarbonyl (C=S) groups is 1. The van der Waals surface area contributed by atoms with E-state index in [0.717, 1.165) is 20.9 Å². The van der Waals surface area contributed by atoms with E-state index < -0.39 is 0 Å². The lowest BCUT2D eigenvalue weighted by atomic mass is 10.2. The fourth-order valence-corrected chi connectivity index (χ4v) is 2.85. The van der Waals surface area contributed by atoms with E-state index in [0.29, 0.717) is 10.8 Å². The Bertz CT molecular complexity index is 664. The van der Waals surface area contributed by atoms with Gasteiger partial charge in [0, 0.05) is 21.1 Å². The number of rotatable bonds is 4. The lowest BCUT2D eigenvalue weighted by Gasteiger charge is -2.07. The lowest BCUT2D eigenvalue weighted by Crippen LogP contribution is -2.26. The van der Waals surface area contributed by atoms with Gasteiger partial charge in [-0.2, -0.15) is 0 Å². The Morgan fingerprint density at radius 1 is 1.45 bits per heavy atom. The third-order valence-corrected chi connectivity index (χ3v) is 3.82. The fraction of sp³-hybridized carbons (Fsp3) is 0. The number of hydrogen-bond donors (Lipinski definition) is 2. The summed E-state index contributed by atoms with van der Waals surface area (Å²) >= 11 is 10.1. The van der Waals surface area contributed by atoms with Crippen molar-refractivity contribution in [3.8, 4) is 11.3 Å². The molecule has 2 N–H and O–H groups in total. The minimum Gasteiger partial charge on any atom is -0.333 e. The number of benzene rings is 1. The topological polar surface area (TPSA) is 37.0 Å². The Kier molecular flexibility index (Phi) is 5.05. The molecule has 1 aromatic carbocycles. The molecule has 0 radical (unpaired) electrons. The molecular formula is C14H12BrN3S2. The van der Waals surface area contributed by atoms with Crippen molar-refractivity contribution in [2.75, 3.05) is 5.32 Å². The Hall–Kier alpha value is -1.50. The molecule has 0 amide bonds. The van der Waals surface area contributed by atoms with Gasteiger partial charge in [-0.25, -0.2) is 4.98 Å². The molecule has 2 aromatic rings. The van der Waals surface area contributed by atoms with Crippen LogP contribution in [-0.4, -0.2) is 10.1 Å². The second-order valence-electron chi connectivity index (χ2n) is 3.86. The highest BCUT2D eigenvalue weighted by molar-refractivity contribution is 9.10. The van der Waals surface area contributed by atoms with Crippen molar-refractivity contribution in [3.05, 3.63) is 59.0 Å². The average Bonchev–Trinajstić information content (AvgIpc) is 2.87. The second-order valence-corrected chi connectivity index (χ2v) is 6.04. The van der Waals surface area contributed by atoms with Gasteiger partial charge in [0.2, 0.25) is 0 Å². The molecule has 0 atom stereocenters. The summed E-state index contributed by atoms with van der Waals surface area (Å²) in [6, 6.07) is 8.00. The van der Waals surface area contributed by atoms with E-state index in [1.54, 1.807) is 6.08 Å². The van der Waals surface area contributed by atoms with E-state index in [1.165, 1.54) is 11.3 Å². The standard InChI is InChI=1S/C14H12BrN3S2/c1-3-9(2)16-13(19)18-14-17-12(8-20-14)10-5-4-6-11(15)7-10/h3-8H,1-2H2,(H2,16,17,18,19). The summed E-state index contributed by atoms with van der Waals surface area (Å²) in [4.78, 5) is 4.50. The van der Waals surface area contributed by atoms with Crippen molar-refractivity contribution in [1.29, 1.82) is 0 Å². The first-order valence-corrected chi connectivity index (χ1v) is 7.77. The van der Waals surface area contributed by atoms with Gasteiger partial charge in [-0.3, -0.25) is 0 Å². The largest absolute Gasteiger partial charge is 0.333 e. The van der Waals surface area contributed by atoms with Crippen LogP contribution in [0.2, 0.25) is 0 Å². The van der Waals surface area contributed by atoms with E-state index in [4.69, 9.17) is 12.2 Å². The van der Waals surface area contributed by atoms with Crippen molar-refractivity contribution in [2.45, 2.75) is 0 Å². The highest BCUT2D eigenvalue weighted by Gasteiger charge is 2.06. The van der Waals surface area contributed by atoms with Gasteiger partial charge in [-0.1, -0.05) is 41.2 Å². The fourth-order valence-electron chi connectivity index (χ4n) is 1.44. The van der Waals surface area contributed by atoms with Crippen LogP contribution in [0.1, 0.15) is 0 Å². The monoisotopic (exact) mass is 365 g/mol. The van der Waals surface area contributed by atoms with Crippen molar-refractivity contribution in [1.82, 2.24) is 10.3 Å². The third-order valence-electron chi connectivity index (χ3n) is 2.37. The molecule has 20 heavy (non-hydrogen) atoms. The Balaban J connectivity index is 2.08. The highest BCUT2D eigenvalue weighted by Crippen LogP contribution is 2.26. The molecule has 1 aromatic heterocycles. The number of nitrogens with one attached hydrogen (secondary N) is 2. The number of hydrogen-bond acceptors (Lipinski definition) is 3. The van der Waals surface area contributed by atoms with Crippen LogP contribution in [0.15, 0.2) is 59.0 Å². The molecule has 6 heteroatoms. The van der Waals surface area contributed by atoms with Crippen molar-refractivity contribution < 1.29 is 0 Å². The Morgan fingerprint density at radius 3 is 2.95 bits per heavy atom. The molecule has 2 rings (SSSR count). The molecule has 0 bridgehead atoms. The highest BCUT2D eigenvalue weighted by atomic mass is 79.9. The van der Waals surface area contributed by atoms with Crippen molar-refractivity contribution in [3.63, 3.8) is 0 Å². The third kappa shape index (κ3) is 4.00. The van der Waals surface area contributed by atoms with E-state index in [2.05, 4.69) is 44.7 Å². The Morgan fingerprint density at radius 2 is 2.25 bits per heavy atom. The maximum atomic E-state index is 5.15. The molecule has 0 unspecified atom stereocenters. The summed E-state index contributed by atoms with van der Waals surface area (Å²) in [6.45, 7) is 7.34. The molecule has 0 spiro atoms. The van der Waals surface area contributed by atoms with Crippen LogP contribution in [0.5, 0.6) is 0 Å². The molecular weight excluding hydrogens is 354 g/mol. The average molecular weight is 366 g/mol. The number of anilines is 1. The predicted molar refractivity (Wildman–Crippen MR) is 93.9 cm³/mol. The van der Waals surface area contributed by atoms with Gasteiger partial charge >= 0.3 is 0 Å². The molecule has 1 heterocycles. The molecule has 0 saturated carbocycles. The van der Waals surface area contributed by atoms with E-state index >= 15 is 0 Å². The second kappa shape index (κ2) is 6.78. The van der Waals surface area contributed by atoms with Gasteiger partial charge in [0.05, 0.1) is 5.69 Å². The lowest BCUT2D eigenvalue weighted by molar-refractivity contribution is 1.21. The molecule has 3 nitrogen and oxygen atoms in total. The van der Waals surface area contributed by atoms with Gasteiger partial charge in [0.25, 0.3) is 0 Å². The van der Waals surface area contributed by atoms with Gasteiger partial charge < -0.3 is 10.6 Å². The van der Waals surface area contributed by atoms with Gasteiger partial charge in [-0.05, 0) is 30.4 Å². The van der Waals surface area contributed by atoms with E-state index in [9.17, 15) is 0 Å².